The van der Waals surface area contributed by atoms with Crippen LogP contribution in [0.1, 0.15) is 22.3 Å². The summed E-state index contributed by atoms with van der Waals surface area (Å²) in [5, 5.41) is 10.7. The van der Waals surface area contributed by atoms with Crippen LogP contribution in [0, 0.1) is 24.0 Å². The molecule has 0 radical (unpaired) electrons. The molecule has 0 saturated carbocycles. The zero-order chi connectivity index (χ0) is 23.3. The van der Waals surface area contributed by atoms with Gasteiger partial charge >= 0.3 is 5.97 Å². The van der Waals surface area contributed by atoms with Crippen LogP contribution >= 0.6 is 31.9 Å². The molecule has 0 unspecified atom stereocenters. The van der Waals surface area contributed by atoms with Gasteiger partial charge in [-0.2, -0.15) is 0 Å². The second kappa shape index (κ2) is 10.5. The van der Waals surface area contributed by atoms with Gasteiger partial charge in [-0.15, -0.1) is 0 Å². The van der Waals surface area contributed by atoms with E-state index in [9.17, 15) is 14.9 Å². The molecule has 0 saturated heterocycles. The number of hydrogen-bond donors (Lipinski definition) is 0. The fraction of sp³-hybridized carbons (Fsp3) is 0.0833. The highest BCUT2D eigenvalue weighted by molar-refractivity contribution is 9.11. The maximum Gasteiger partial charge on any atom is 0.336 e. The number of aryl methyl sites for hydroxylation is 1. The predicted molar refractivity (Wildman–Crippen MR) is 133 cm³/mol. The molecule has 3 rings (SSSR count). The van der Waals surface area contributed by atoms with Crippen LogP contribution in [0.5, 0.6) is 5.75 Å². The third-order valence-electron chi connectivity index (χ3n) is 4.67. The summed E-state index contributed by atoms with van der Waals surface area (Å²) < 4.78 is 6.62. The normalized spacial score (nSPS) is 11.2. The van der Waals surface area contributed by atoms with Crippen molar-refractivity contribution in [2.45, 2.75) is 13.8 Å². The Hall–Kier alpha value is -3.10. The van der Waals surface area contributed by atoms with Gasteiger partial charge in [-0.25, -0.2) is 4.79 Å². The molecule has 0 aromatic heterocycles. The lowest BCUT2D eigenvalue weighted by atomic mass is 10.1. The topological polar surface area (TPSA) is 81.8 Å². The Bertz CT molecular complexity index is 1210. The maximum absolute atomic E-state index is 12.2. The van der Waals surface area contributed by atoms with Crippen molar-refractivity contribution in [3.63, 3.8) is 0 Å². The average Bonchev–Trinajstić information content (AvgIpc) is 2.76. The first-order valence-corrected chi connectivity index (χ1v) is 11.1. The lowest BCUT2D eigenvalue weighted by Gasteiger charge is -2.08. The lowest BCUT2D eigenvalue weighted by molar-refractivity contribution is -0.384. The minimum absolute atomic E-state index is 0.0150. The van der Waals surface area contributed by atoms with Crippen molar-refractivity contribution in [1.29, 1.82) is 0 Å². The molecular weight excluding hydrogens is 540 g/mol. The number of hydrogen-bond acceptors (Lipinski definition) is 5. The van der Waals surface area contributed by atoms with Crippen molar-refractivity contribution < 1.29 is 14.5 Å². The number of esters is 1. The van der Waals surface area contributed by atoms with Gasteiger partial charge in [0.05, 0.1) is 19.6 Å². The second-order valence-corrected chi connectivity index (χ2v) is 8.60. The molecule has 8 heteroatoms. The van der Waals surface area contributed by atoms with Gasteiger partial charge in [0.15, 0.2) is 5.75 Å². The Kier molecular flexibility index (Phi) is 7.71. The molecule has 6 nitrogen and oxygen atoms in total. The zero-order valence-corrected chi connectivity index (χ0v) is 20.4. The minimum atomic E-state index is -0.582. The van der Waals surface area contributed by atoms with E-state index in [-0.39, 0.29) is 5.69 Å². The van der Waals surface area contributed by atoms with Crippen LogP contribution in [0.4, 0.5) is 11.4 Å². The van der Waals surface area contributed by atoms with E-state index in [1.807, 2.05) is 44.2 Å². The molecule has 3 aromatic rings. The number of rotatable bonds is 6. The largest absolute Gasteiger partial charge is 0.421 e. The summed E-state index contributed by atoms with van der Waals surface area (Å²) in [5.41, 5.74) is 4.63. The summed E-state index contributed by atoms with van der Waals surface area (Å²) in [6, 6.07) is 15.4. The monoisotopic (exact) mass is 556 g/mol. The van der Waals surface area contributed by atoms with Crippen LogP contribution < -0.4 is 4.74 Å². The van der Waals surface area contributed by atoms with Crippen molar-refractivity contribution in [2.24, 2.45) is 4.99 Å². The number of non-ortho nitro benzene ring substituents is 1. The van der Waals surface area contributed by atoms with Crippen molar-refractivity contribution in [1.82, 2.24) is 0 Å². The number of benzene rings is 3. The van der Waals surface area contributed by atoms with E-state index in [0.29, 0.717) is 20.3 Å². The van der Waals surface area contributed by atoms with Gasteiger partial charge in [0, 0.05) is 24.4 Å². The highest BCUT2D eigenvalue weighted by Crippen LogP contribution is 2.35. The van der Waals surface area contributed by atoms with Crippen molar-refractivity contribution in [2.75, 3.05) is 0 Å². The number of aliphatic imine (C=N–C) groups is 1. The summed E-state index contributed by atoms with van der Waals surface area (Å²) in [7, 11) is 0. The molecule has 0 aliphatic carbocycles. The summed E-state index contributed by atoms with van der Waals surface area (Å²) in [4.78, 5) is 27.0. The highest BCUT2D eigenvalue weighted by Gasteiger charge is 2.12. The fourth-order valence-electron chi connectivity index (χ4n) is 2.78. The fourth-order valence-corrected chi connectivity index (χ4v) is 4.16. The summed E-state index contributed by atoms with van der Waals surface area (Å²) in [6.07, 6.45) is 4.53. The molecule has 0 amide bonds. The molecule has 162 valence electrons. The standard InChI is InChI=1S/C24H18Br2N2O4/c1-15-4-3-5-22(16(15)2)27-14-18-12-20(25)24(21(26)13-18)32-23(29)11-8-17-6-9-19(10-7-17)28(30)31/h3-14H,1-2H3. The average molecular weight is 558 g/mol. The van der Waals surface area contributed by atoms with Crippen molar-refractivity contribution in [3.8, 4) is 5.75 Å². The van der Waals surface area contributed by atoms with Crippen LogP contribution in [0.25, 0.3) is 6.08 Å². The highest BCUT2D eigenvalue weighted by atomic mass is 79.9. The molecule has 0 atom stereocenters. The zero-order valence-electron chi connectivity index (χ0n) is 17.2. The quantitative estimate of drug-likeness (QED) is 0.0807. The Labute approximate surface area is 202 Å². The molecule has 0 heterocycles. The number of nitrogens with zero attached hydrogens (tertiary/aromatic N) is 2. The Morgan fingerprint density at radius 2 is 1.69 bits per heavy atom. The molecular formula is C24H18Br2N2O4. The number of nitro groups is 1. The SMILES string of the molecule is Cc1cccc(N=Cc2cc(Br)c(OC(=O)C=Cc3ccc([N+](=O)[O-])cc3)c(Br)c2)c1C. The van der Waals surface area contributed by atoms with Gasteiger partial charge in [-0.3, -0.25) is 15.1 Å². The van der Waals surface area contributed by atoms with Crippen molar-refractivity contribution in [3.05, 3.63) is 102 Å². The lowest BCUT2D eigenvalue weighted by Crippen LogP contribution is -2.05. The van der Waals surface area contributed by atoms with Gasteiger partial charge in [-0.1, -0.05) is 12.1 Å². The first-order chi connectivity index (χ1) is 15.2. The Morgan fingerprint density at radius 3 is 2.31 bits per heavy atom. The van der Waals surface area contributed by atoms with Crippen LogP contribution in [0.3, 0.4) is 0 Å². The minimum Gasteiger partial charge on any atom is -0.421 e. The van der Waals surface area contributed by atoms with Gasteiger partial charge in [0.1, 0.15) is 0 Å². The third-order valence-corrected chi connectivity index (χ3v) is 5.85. The first-order valence-electron chi connectivity index (χ1n) is 9.48. The molecule has 0 fully saturated rings. The number of carbonyl (C=O) groups is 1. The predicted octanol–water partition coefficient (Wildman–Crippen LogP) is 7.11. The Balaban J connectivity index is 1.72. The van der Waals surface area contributed by atoms with Crippen LogP contribution in [-0.2, 0) is 4.79 Å². The summed E-state index contributed by atoms with van der Waals surface area (Å²) >= 11 is 6.88. The van der Waals surface area contributed by atoms with Crippen LogP contribution in [0.2, 0.25) is 0 Å². The molecule has 3 aromatic carbocycles. The number of carbonyl (C=O) groups excluding carboxylic acids is 1. The van der Waals surface area contributed by atoms with Gasteiger partial charge < -0.3 is 4.74 Å². The number of nitro benzene ring substituents is 1. The smallest absolute Gasteiger partial charge is 0.336 e. The van der Waals surface area contributed by atoms with E-state index in [1.54, 1.807) is 18.3 Å². The van der Waals surface area contributed by atoms with Crippen LogP contribution in [-0.4, -0.2) is 17.1 Å². The van der Waals surface area contributed by atoms with E-state index in [2.05, 4.69) is 36.9 Å². The molecule has 0 aliphatic heterocycles. The Morgan fingerprint density at radius 1 is 1.03 bits per heavy atom. The number of ether oxygens (including phenoxy) is 1. The van der Waals surface area contributed by atoms with E-state index >= 15 is 0 Å². The maximum atomic E-state index is 12.2. The number of halogens is 2. The molecule has 0 aliphatic rings. The summed E-state index contributed by atoms with van der Waals surface area (Å²) in [5.74, 6) is -0.242. The van der Waals surface area contributed by atoms with Crippen molar-refractivity contribution >= 4 is 61.5 Å². The van der Waals surface area contributed by atoms with E-state index in [4.69, 9.17) is 4.74 Å². The third kappa shape index (κ3) is 5.99. The molecule has 32 heavy (non-hydrogen) atoms. The molecule has 0 spiro atoms. The van der Waals surface area contributed by atoms with Gasteiger partial charge in [0.25, 0.3) is 5.69 Å². The summed E-state index contributed by atoms with van der Waals surface area (Å²) in [6.45, 7) is 4.07. The van der Waals surface area contributed by atoms with Gasteiger partial charge in [0.2, 0.25) is 0 Å². The second-order valence-electron chi connectivity index (χ2n) is 6.89. The van der Waals surface area contributed by atoms with Gasteiger partial charge in [-0.05, 0) is 104 Å². The van der Waals surface area contributed by atoms with E-state index in [1.165, 1.54) is 29.8 Å². The first kappa shape index (κ1) is 23.6. The molecule has 0 bridgehead atoms. The van der Waals surface area contributed by atoms with E-state index in [0.717, 1.165) is 16.8 Å². The van der Waals surface area contributed by atoms with Crippen LogP contribution in [0.15, 0.2) is 74.6 Å². The molecule has 0 N–H and O–H groups in total. The van der Waals surface area contributed by atoms with E-state index < -0.39 is 10.9 Å².